The summed E-state index contributed by atoms with van der Waals surface area (Å²) in [5.74, 6) is -0.104. The molecule has 0 radical (unpaired) electrons. The summed E-state index contributed by atoms with van der Waals surface area (Å²) >= 11 is 11.8. The first kappa shape index (κ1) is 23.0. The fraction of sp³-hybridized carbons (Fsp3) is 0.348. The predicted molar refractivity (Wildman–Crippen MR) is 130 cm³/mol. The molecule has 0 aromatic heterocycles. The molecule has 8 heteroatoms. The summed E-state index contributed by atoms with van der Waals surface area (Å²) in [6.07, 6.45) is 0. The van der Waals surface area contributed by atoms with Crippen LogP contribution in [0.3, 0.4) is 0 Å². The molecular formula is C23H27ClN4O2S. The number of piperazine rings is 1. The van der Waals surface area contributed by atoms with Crippen LogP contribution >= 0.6 is 23.8 Å². The zero-order valence-electron chi connectivity index (χ0n) is 17.9. The molecule has 1 saturated heterocycles. The number of anilines is 2. The largest absolute Gasteiger partial charge is 0.367 e. The average molecular weight is 459 g/mol. The molecule has 0 aliphatic carbocycles. The van der Waals surface area contributed by atoms with Gasteiger partial charge >= 0.3 is 0 Å². The summed E-state index contributed by atoms with van der Waals surface area (Å²) in [5.41, 5.74) is 1.78. The molecule has 3 rings (SSSR count). The third-order valence-corrected chi connectivity index (χ3v) is 5.55. The van der Waals surface area contributed by atoms with E-state index in [1.165, 1.54) is 0 Å². The van der Waals surface area contributed by atoms with Crippen LogP contribution in [0.25, 0.3) is 0 Å². The van der Waals surface area contributed by atoms with Crippen molar-refractivity contribution in [2.75, 3.05) is 36.4 Å². The second kappa shape index (κ2) is 9.66. The highest BCUT2D eigenvalue weighted by molar-refractivity contribution is 7.80. The van der Waals surface area contributed by atoms with Crippen molar-refractivity contribution in [1.82, 2.24) is 10.2 Å². The first-order valence-corrected chi connectivity index (χ1v) is 10.9. The van der Waals surface area contributed by atoms with Gasteiger partial charge in [-0.2, -0.15) is 0 Å². The summed E-state index contributed by atoms with van der Waals surface area (Å²) in [6.45, 7) is 8.13. The van der Waals surface area contributed by atoms with Gasteiger partial charge in [-0.1, -0.05) is 50.6 Å². The molecule has 31 heavy (non-hydrogen) atoms. The Hall–Kier alpha value is -2.64. The van der Waals surface area contributed by atoms with Gasteiger partial charge in [-0.3, -0.25) is 9.59 Å². The van der Waals surface area contributed by atoms with Crippen LogP contribution in [0.15, 0.2) is 48.5 Å². The van der Waals surface area contributed by atoms with Gasteiger partial charge in [-0.25, -0.2) is 0 Å². The van der Waals surface area contributed by atoms with Gasteiger partial charge in [0.15, 0.2) is 5.11 Å². The third-order valence-electron chi connectivity index (χ3n) is 5.04. The van der Waals surface area contributed by atoms with E-state index in [4.69, 9.17) is 23.8 Å². The van der Waals surface area contributed by atoms with E-state index >= 15 is 0 Å². The minimum atomic E-state index is -0.530. The van der Waals surface area contributed by atoms with Crippen LogP contribution in [0, 0.1) is 5.41 Å². The van der Waals surface area contributed by atoms with E-state index in [-0.39, 0.29) is 16.9 Å². The van der Waals surface area contributed by atoms with Gasteiger partial charge in [0, 0.05) is 42.8 Å². The quantitative estimate of drug-likeness (QED) is 0.676. The van der Waals surface area contributed by atoms with Crippen LogP contribution in [-0.4, -0.2) is 48.0 Å². The lowest BCUT2D eigenvalue weighted by atomic mass is 9.96. The minimum absolute atomic E-state index is 0.0525. The van der Waals surface area contributed by atoms with Gasteiger partial charge in [0.25, 0.3) is 5.91 Å². The molecule has 164 valence electrons. The number of hydrogen-bond donors (Lipinski definition) is 2. The van der Waals surface area contributed by atoms with Gasteiger partial charge in [-0.05, 0) is 42.5 Å². The number of amides is 2. The number of nitrogens with one attached hydrogen (secondary N) is 2. The maximum atomic E-state index is 12.6. The highest BCUT2D eigenvalue weighted by Gasteiger charge is 2.24. The molecule has 1 fully saturated rings. The molecule has 2 amide bonds. The van der Waals surface area contributed by atoms with Gasteiger partial charge < -0.3 is 20.4 Å². The van der Waals surface area contributed by atoms with E-state index in [0.717, 1.165) is 5.69 Å². The minimum Gasteiger partial charge on any atom is -0.367 e. The number of halogens is 1. The summed E-state index contributed by atoms with van der Waals surface area (Å²) in [7, 11) is 0. The van der Waals surface area contributed by atoms with Crippen molar-refractivity contribution >= 4 is 52.1 Å². The predicted octanol–water partition coefficient (Wildman–Crippen LogP) is 4.16. The van der Waals surface area contributed by atoms with Gasteiger partial charge in [0.05, 0.1) is 10.7 Å². The zero-order chi connectivity index (χ0) is 22.6. The fourth-order valence-electron chi connectivity index (χ4n) is 3.21. The van der Waals surface area contributed by atoms with Crippen LogP contribution in [0.2, 0.25) is 5.02 Å². The van der Waals surface area contributed by atoms with E-state index in [1.54, 1.807) is 6.07 Å². The number of thiocarbonyl (C=S) groups is 1. The summed E-state index contributed by atoms with van der Waals surface area (Å²) < 4.78 is 0. The Bertz CT molecular complexity index is 967. The van der Waals surface area contributed by atoms with Crippen LogP contribution in [0.5, 0.6) is 0 Å². The lowest BCUT2D eigenvalue weighted by Crippen LogP contribution is -2.48. The number of hydrogen-bond acceptors (Lipinski definition) is 4. The Kier molecular flexibility index (Phi) is 7.18. The molecule has 1 heterocycles. The van der Waals surface area contributed by atoms with Crippen LogP contribution in [0.1, 0.15) is 31.1 Å². The molecule has 1 aliphatic rings. The Labute approximate surface area is 193 Å². The number of rotatable bonds is 3. The first-order chi connectivity index (χ1) is 14.6. The standard InChI is InChI=1S/C23H27ClN4O2S/c1-23(2,3)21(30)26-22(31)25-17-9-10-19(18(24)15-17)27-11-13-28(14-12-27)20(29)16-7-5-4-6-8-16/h4-10,15H,11-14H2,1-3H3,(H2,25,26,30,31). The molecule has 0 saturated carbocycles. The van der Waals surface area contributed by atoms with Crippen molar-refractivity contribution in [3.8, 4) is 0 Å². The van der Waals surface area contributed by atoms with E-state index in [0.29, 0.717) is 42.5 Å². The maximum Gasteiger partial charge on any atom is 0.253 e. The number of nitrogens with zero attached hydrogens (tertiary/aromatic N) is 2. The second-order valence-corrected chi connectivity index (χ2v) is 9.29. The van der Waals surface area contributed by atoms with Crippen molar-refractivity contribution in [2.45, 2.75) is 20.8 Å². The lowest BCUT2D eigenvalue weighted by molar-refractivity contribution is -0.126. The second-order valence-electron chi connectivity index (χ2n) is 8.47. The summed E-state index contributed by atoms with van der Waals surface area (Å²) in [4.78, 5) is 28.7. The third kappa shape index (κ3) is 5.95. The molecular weight excluding hydrogens is 432 g/mol. The van der Waals surface area contributed by atoms with Gasteiger partial charge in [0.2, 0.25) is 5.91 Å². The molecule has 0 spiro atoms. The van der Waals surface area contributed by atoms with Crippen molar-refractivity contribution < 1.29 is 9.59 Å². The molecule has 2 aromatic rings. The highest BCUT2D eigenvalue weighted by Crippen LogP contribution is 2.30. The van der Waals surface area contributed by atoms with Crippen molar-refractivity contribution in [3.05, 3.63) is 59.1 Å². The van der Waals surface area contributed by atoms with Crippen LogP contribution < -0.4 is 15.5 Å². The van der Waals surface area contributed by atoms with E-state index in [1.807, 2.05) is 68.1 Å². The van der Waals surface area contributed by atoms with Gasteiger partial charge in [-0.15, -0.1) is 0 Å². The van der Waals surface area contributed by atoms with E-state index in [9.17, 15) is 9.59 Å². The molecule has 0 unspecified atom stereocenters. The highest BCUT2D eigenvalue weighted by atomic mass is 35.5. The molecule has 0 atom stereocenters. The zero-order valence-corrected chi connectivity index (χ0v) is 19.5. The number of carbonyl (C=O) groups is 2. The lowest BCUT2D eigenvalue weighted by Gasteiger charge is -2.36. The Morgan fingerprint density at radius 2 is 1.65 bits per heavy atom. The Morgan fingerprint density at radius 3 is 2.23 bits per heavy atom. The summed E-state index contributed by atoms with van der Waals surface area (Å²) in [5, 5.41) is 6.50. The Morgan fingerprint density at radius 1 is 1.00 bits per heavy atom. The first-order valence-electron chi connectivity index (χ1n) is 10.2. The molecule has 6 nitrogen and oxygen atoms in total. The normalized spacial score (nSPS) is 14.2. The van der Waals surface area contributed by atoms with E-state index < -0.39 is 5.41 Å². The monoisotopic (exact) mass is 458 g/mol. The smallest absolute Gasteiger partial charge is 0.253 e. The SMILES string of the molecule is CC(C)(C)C(=O)NC(=S)Nc1ccc(N2CCN(C(=O)c3ccccc3)CC2)c(Cl)c1. The molecule has 0 bridgehead atoms. The van der Waals surface area contributed by atoms with Crippen molar-refractivity contribution in [2.24, 2.45) is 5.41 Å². The maximum absolute atomic E-state index is 12.6. The van der Waals surface area contributed by atoms with E-state index in [2.05, 4.69) is 15.5 Å². The molecule has 2 aromatic carbocycles. The van der Waals surface area contributed by atoms with Crippen LogP contribution in [0.4, 0.5) is 11.4 Å². The van der Waals surface area contributed by atoms with Crippen LogP contribution in [-0.2, 0) is 4.79 Å². The Balaban J connectivity index is 1.58. The summed E-state index contributed by atoms with van der Waals surface area (Å²) in [6, 6.07) is 14.9. The molecule has 1 aliphatic heterocycles. The number of benzene rings is 2. The topological polar surface area (TPSA) is 64.7 Å². The fourth-order valence-corrected chi connectivity index (χ4v) is 3.72. The number of carbonyl (C=O) groups excluding carboxylic acids is 2. The van der Waals surface area contributed by atoms with Crippen molar-refractivity contribution in [1.29, 1.82) is 0 Å². The molecule has 2 N–H and O–H groups in total. The van der Waals surface area contributed by atoms with Gasteiger partial charge in [0.1, 0.15) is 0 Å². The average Bonchev–Trinajstić information content (AvgIpc) is 2.73. The van der Waals surface area contributed by atoms with Crippen molar-refractivity contribution in [3.63, 3.8) is 0 Å².